The van der Waals surface area contributed by atoms with Gasteiger partial charge in [0.05, 0.1) is 11.3 Å². The Labute approximate surface area is 140 Å². The number of aromatic nitrogens is 2. The molecule has 3 aromatic rings. The molecule has 1 heterocycles. The summed E-state index contributed by atoms with van der Waals surface area (Å²) in [7, 11) is 0. The minimum atomic E-state index is -0.333. The Bertz CT molecular complexity index is 885. The monoisotopic (exact) mass is 321 g/mol. The number of benzene rings is 2. The van der Waals surface area contributed by atoms with Crippen molar-refractivity contribution in [2.45, 2.75) is 13.8 Å². The van der Waals surface area contributed by atoms with Crippen molar-refractivity contribution in [1.82, 2.24) is 15.6 Å². The van der Waals surface area contributed by atoms with Crippen LogP contribution in [0.3, 0.4) is 0 Å². The minimum Gasteiger partial charge on any atom is -0.382 e. The van der Waals surface area contributed by atoms with Gasteiger partial charge in [0.15, 0.2) is 5.82 Å². The van der Waals surface area contributed by atoms with Crippen molar-refractivity contribution in [3.8, 4) is 11.1 Å². The minimum absolute atomic E-state index is 0.297. The van der Waals surface area contributed by atoms with Crippen LogP contribution >= 0.6 is 0 Å². The van der Waals surface area contributed by atoms with E-state index in [1.54, 1.807) is 0 Å². The molecule has 0 saturated heterocycles. The van der Waals surface area contributed by atoms with Crippen molar-refractivity contribution < 1.29 is 4.79 Å². The van der Waals surface area contributed by atoms with Gasteiger partial charge in [-0.25, -0.2) is 0 Å². The fourth-order valence-corrected chi connectivity index (χ4v) is 2.55. The summed E-state index contributed by atoms with van der Waals surface area (Å²) in [6.45, 7) is 3.93. The molecule has 0 aliphatic rings. The smallest absolute Gasteiger partial charge is 0.288 e. The normalized spacial score (nSPS) is 10.4. The maximum Gasteiger partial charge on any atom is 0.288 e. The highest BCUT2D eigenvalue weighted by Gasteiger charge is 2.20. The molecular formula is C18H19N5O. The van der Waals surface area contributed by atoms with Crippen LogP contribution in [0.5, 0.6) is 0 Å². The topological polar surface area (TPSA) is 95.8 Å². The third kappa shape index (κ3) is 2.94. The molecule has 24 heavy (non-hydrogen) atoms. The number of nitrogens with zero attached hydrogens (tertiary/aromatic N) is 1. The Morgan fingerprint density at radius 3 is 2.42 bits per heavy atom. The lowest BCUT2D eigenvalue weighted by molar-refractivity contribution is 0.0958. The molecule has 1 amide bonds. The average Bonchev–Trinajstić information content (AvgIpc) is 2.96. The number of aryl methyl sites for hydroxylation is 2. The molecule has 6 heteroatoms. The number of aromatic amines is 1. The lowest BCUT2D eigenvalue weighted by Crippen LogP contribution is -2.30. The van der Waals surface area contributed by atoms with E-state index in [0.717, 1.165) is 22.4 Å². The van der Waals surface area contributed by atoms with Crippen molar-refractivity contribution in [3.05, 3.63) is 65.4 Å². The molecule has 0 fully saturated rings. The van der Waals surface area contributed by atoms with Crippen LogP contribution in [-0.2, 0) is 0 Å². The van der Waals surface area contributed by atoms with Gasteiger partial charge in [-0.1, -0.05) is 42.5 Å². The fraction of sp³-hybridized carbons (Fsp3) is 0.111. The summed E-state index contributed by atoms with van der Waals surface area (Å²) in [5.41, 5.74) is 16.3. The van der Waals surface area contributed by atoms with Gasteiger partial charge in [-0.2, -0.15) is 5.10 Å². The van der Waals surface area contributed by atoms with E-state index >= 15 is 0 Å². The van der Waals surface area contributed by atoms with Gasteiger partial charge >= 0.3 is 0 Å². The Balaban J connectivity index is 1.87. The third-order valence-corrected chi connectivity index (χ3v) is 3.89. The van der Waals surface area contributed by atoms with E-state index in [4.69, 9.17) is 5.73 Å². The molecule has 0 spiro atoms. The first-order valence-electron chi connectivity index (χ1n) is 7.59. The molecule has 0 aliphatic heterocycles. The van der Waals surface area contributed by atoms with Crippen LogP contribution in [0.15, 0.2) is 48.5 Å². The Morgan fingerprint density at radius 1 is 1.04 bits per heavy atom. The molecule has 0 aliphatic carbocycles. The molecule has 3 rings (SSSR count). The van der Waals surface area contributed by atoms with E-state index in [1.165, 1.54) is 0 Å². The number of para-hydroxylation sites is 1. The Kier molecular flexibility index (Phi) is 4.20. The van der Waals surface area contributed by atoms with Crippen LogP contribution in [0.2, 0.25) is 0 Å². The predicted molar refractivity (Wildman–Crippen MR) is 95.4 cm³/mol. The molecule has 1 aromatic heterocycles. The van der Waals surface area contributed by atoms with E-state index in [9.17, 15) is 4.79 Å². The molecule has 2 aromatic carbocycles. The second kappa shape index (κ2) is 6.45. The van der Waals surface area contributed by atoms with Crippen molar-refractivity contribution in [2.75, 3.05) is 11.2 Å². The molecular weight excluding hydrogens is 302 g/mol. The summed E-state index contributed by atoms with van der Waals surface area (Å²) in [6.07, 6.45) is 0. The van der Waals surface area contributed by atoms with Crippen molar-refractivity contribution in [1.29, 1.82) is 0 Å². The highest BCUT2D eigenvalue weighted by molar-refractivity contribution is 6.02. The highest BCUT2D eigenvalue weighted by Crippen LogP contribution is 2.30. The third-order valence-electron chi connectivity index (χ3n) is 3.89. The number of hydrogen-bond donors (Lipinski definition) is 4. The summed E-state index contributed by atoms with van der Waals surface area (Å²) in [6, 6.07) is 15.4. The summed E-state index contributed by atoms with van der Waals surface area (Å²) < 4.78 is 0. The SMILES string of the molecule is Cc1ccccc1NNC(=O)c1[nH]nc(N)c1-c1ccccc1C. The number of nitrogen functional groups attached to an aromatic ring is 1. The molecule has 0 saturated carbocycles. The number of hydrogen-bond acceptors (Lipinski definition) is 4. The number of carbonyl (C=O) groups excluding carboxylic acids is 1. The van der Waals surface area contributed by atoms with Crippen LogP contribution in [0, 0.1) is 13.8 Å². The van der Waals surface area contributed by atoms with Crippen LogP contribution < -0.4 is 16.6 Å². The van der Waals surface area contributed by atoms with Gasteiger partial charge < -0.3 is 5.73 Å². The zero-order chi connectivity index (χ0) is 17.1. The van der Waals surface area contributed by atoms with Gasteiger partial charge in [0, 0.05) is 0 Å². The first kappa shape index (κ1) is 15.6. The number of H-pyrrole nitrogens is 1. The van der Waals surface area contributed by atoms with Gasteiger partial charge in [-0.05, 0) is 36.6 Å². The Hall–Kier alpha value is -3.28. The highest BCUT2D eigenvalue weighted by atomic mass is 16.2. The summed E-state index contributed by atoms with van der Waals surface area (Å²) in [5.74, 6) is -0.0361. The van der Waals surface area contributed by atoms with Crippen LogP contribution in [0.1, 0.15) is 21.6 Å². The standard InChI is InChI=1S/C18H19N5O/c1-11-7-3-5-9-13(11)15-16(21-22-17(15)19)18(24)23-20-14-10-6-4-8-12(14)2/h3-10,20H,1-2H3,(H,23,24)(H3,19,21,22). The zero-order valence-electron chi connectivity index (χ0n) is 13.6. The molecule has 6 nitrogen and oxygen atoms in total. The first-order chi connectivity index (χ1) is 11.6. The fourth-order valence-electron chi connectivity index (χ4n) is 2.55. The maximum atomic E-state index is 12.5. The summed E-state index contributed by atoms with van der Waals surface area (Å²) in [4.78, 5) is 12.5. The molecule has 0 atom stereocenters. The van der Waals surface area contributed by atoms with Crippen molar-refractivity contribution in [3.63, 3.8) is 0 Å². The zero-order valence-corrected chi connectivity index (χ0v) is 13.6. The number of rotatable bonds is 4. The molecule has 0 bridgehead atoms. The molecule has 122 valence electrons. The lowest BCUT2D eigenvalue weighted by Gasteiger charge is -2.11. The number of carbonyl (C=O) groups is 1. The number of nitrogens with one attached hydrogen (secondary N) is 3. The predicted octanol–water partition coefficient (Wildman–Crippen LogP) is 3.03. The van der Waals surface area contributed by atoms with E-state index in [2.05, 4.69) is 21.0 Å². The number of nitrogens with two attached hydrogens (primary N) is 1. The molecule has 0 unspecified atom stereocenters. The van der Waals surface area contributed by atoms with Crippen LogP contribution in [-0.4, -0.2) is 16.1 Å². The largest absolute Gasteiger partial charge is 0.382 e. The lowest BCUT2D eigenvalue weighted by atomic mass is 10.00. The van der Waals surface area contributed by atoms with Crippen molar-refractivity contribution in [2.24, 2.45) is 0 Å². The first-order valence-corrected chi connectivity index (χ1v) is 7.59. The maximum absolute atomic E-state index is 12.5. The average molecular weight is 321 g/mol. The van der Waals surface area contributed by atoms with E-state index < -0.39 is 0 Å². The second-order valence-corrected chi connectivity index (χ2v) is 5.57. The number of amides is 1. The summed E-state index contributed by atoms with van der Waals surface area (Å²) in [5, 5.41) is 6.72. The van der Waals surface area contributed by atoms with Gasteiger partial charge in [0.2, 0.25) is 0 Å². The van der Waals surface area contributed by atoms with Gasteiger partial charge in [0.1, 0.15) is 5.69 Å². The van der Waals surface area contributed by atoms with Crippen LogP contribution in [0.25, 0.3) is 11.1 Å². The summed E-state index contributed by atoms with van der Waals surface area (Å²) >= 11 is 0. The molecule has 0 radical (unpaired) electrons. The van der Waals surface area contributed by atoms with Gasteiger partial charge in [0.25, 0.3) is 5.91 Å². The number of hydrazine groups is 1. The van der Waals surface area contributed by atoms with E-state index in [0.29, 0.717) is 17.1 Å². The Morgan fingerprint density at radius 2 is 1.71 bits per heavy atom. The van der Waals surface area contributed by atoms with E-state index in [1.807, 2.05) is 62.4 Å². The van der Waals surface area contributed by atoms with E-state index in [-0.39, 0.29) is 5.91 Å². The number of anilines is 2. The second-order valence-electron chi connectivity index (χ2n) is 5.57. The molecule has 5 N–H and O–H groups in total. The van der Waals surface area contributed by atoms with Gasteiger partial charge in [-0.3, -0.25) is 20.7 Å². The van der Waals surface area contributed by atoms with Crippen molar-refractivity contribution >= 4 is 17.4 Å². The quantitative estimate of drug-likeness (QED) is 0.555. The van der Waals surface area contributed by atoms with Crippen LogP contribution in [0.4, 0.5) is 11.5 Å². The van der Waals surface area contributed by atoms with Gasteiger partial charge in [-0.15, -0.1) is 0 Å².